The van der Waals surface area contributed by atoms with Gasteiger partial charge in [0.25, 0.3) is 0 Å². The van der Waals surface area contributed by atoms with Gasteiger partial charge >= 0.3 is 12.1 Å². The van der Waals surface area contributed by atoms with Gasteiger partial charge in [0, 0.05) is 5.92 Å². The highest BCUT2D eigenvalue weighted by Gasteiger charge is 2.43. The Balaban J connectivity index is 1.73. The lowest BCUT2D eigenvalue weighted by molar-refractivity contribution is -0.152. The molecule has 2 fully saturated rings. The number of carbonyl (C=O) groups excluding carboxylic acids is 2. The lowest BCUT2D eigenvalue weighted by Crippen LogP contribution is -2.39. The van der Waals surface area contributed by atoms with Gasteiger partial charge in [0.05, 0.1) is 24.0 Å². The molecule has 3 aliphatic heterocycles. The lowest BCUT2D eigenvalue weighted by atomic mass is 9.97. The van der Waals surface area contributed by atoms with Gasteiger partial charge in [0.2, 0.25) is 0 Å². The summed E-state index contributed by atoms with van der Waals surface area (Å²) in [5.41, 5.74) is 1.01. The lowest BCUT2D eigenvalue weighted by Gasteiger charge is -2.28. The Bertz CT molecular complexity index is 1300. The van der Waals surface area contributed by atoms with E-state index in [-0.39, 0.29) is 12.5 Å². The van der Waals surface area contributed by atoms with Crippen molar-refractivity contribution in [3.05, 3.63) is 47.1 Å². The molecule has 1 N–H and O–H groups in total. The first kappa shape index (κ1) is 35.1. The van der Waals surface area contributed by atoms with Crippen molar-refractivity contribution in [3.63, 3.8) is 0 Å². The number of amides is 1. The molecule has 0 aromatic heterocycles. The predicted octanol–water partition coefficient (Wildman–Crippen LogP) is 5.86. The van der Waals surface area contributed by atoms with Crippen molar-refractivity contribution in [1.82, 2.24) is 0 Å². The second kappa shape index (κ2) is 13.5. The van der Waals surface area contributed by atoms with Crippen molar-refractivity contribution >= 4 is 23.8 Å². The third-order valence-corrected chi connectivity index (χ3v) is 7.67. The third kappa shape index (κ3) is 9.15. The molecule has 3 aliphatic rings. The molecule has 0 spiro atoms. The van der Waals surface area contributed by atoms with Crippen LogP contribution in [0.2, 0.25) is 0 Å². The van der Waals surface area contributed by atoms with Gasteiger partial charge in [-0.2, -0.15) is 5.06 Å². The van der Waals surface area contributed by atoms with Crippen LogP contribution in [0.25, 0.3) is 6.08 Å². The van der Waals surface area contributed by atoms with Crippen LogP contribution >= 0.6 is 0 Å². The summed E-state index contributed by atoms with van der Waals surface area (Å²) in [5, 5.41) is 12.0. The standard InChI is InChI=1S/C34H49NO10/c1-20-14-15-26(36)29-27(43-34(9,10)44-29)13-11-12-23-17-24(16-21(2)28(23)30(37)41-22(20)3)35(31(38)45-32(4,5)6)40-19-25-18-39-33(7,8)42-25/h11-12,14-17,20,22,25-27,29,36H,13,18-19H2,1-10H3/b12-11?,15-14-/t20-,22+,25-,26-,27+,29-/m1/s1. The van der Waals surface area contributed by atoms with Crippen LogP contribution in [0.3, 0.4) is 0 Å². The van der Waals surface area contributed by atoms with E-state index >= 15 is 0 Å². The zero-order valence-corrected chi connectivity index (χ0v) is 28.1. The van der Waals surface area contributed by atoms with E-state index in [4.69, 9.17) is 33.3 Å². The summed E-state index contributed by atoms with van der Waals surface area (Å²) in [7, 11) is 0. The van der Waals surface area contributed by atoms with Gasteiger partial charge in [0.15, 0.2) is 11.6 Å². The highest BCUT2D eigenvalue weighted by atomic mass is 16.8. The normalized spacial score (nSPS) is 30.5. The van der Waals surface area contributed by atoms with Crippen molar-refractivity contribution in [3.8, 4) is 0 Å². The van der Waals surface area contributed by atoms with Crippen LogP contribution in [0.4, 0.5) is 10.5 Å². The zero-order valence-electron chi connectivity index (χ0n) is 28.1. The molecule has 0 unspecified atom stereocenters. The number of carbonyl (C=O) groups is 2. The number of aryl methyl sites for hydroxylation is 1. The number of cyclic esters (lactones) is 1. The number of fused-ring (bicyclic) bond motifs is 2. The summed E-state index contributed by atoms with van der Waals surface area (Å²) in [4.78, 5) is 33.1. The number of aliphatic hydroxyl groups excluding tert-OH is 1. The molecule has 2 saturated heterocycles. The Morgan fingerprint density at radius 3 is 2.42 bits per heavy atom. The van der Waals surface area contributed by atoms with Crippen molar-refractivity contribution in [2.45, 2.75) is 123 Å². The van der Waals surface area contributed by atoms with E-state index in [0.717, 1.165) is 5.06 Å². The summed E-state index contributed by atoms with van der Waals surface area (Å²) in [6.07, 6.45) is 3.96. The van der Waals surface area contributed by atoms with E-state index in [2.05, 4.69) is 0 Å². The van der Waals surface area contributed by atoms with Crippen molar-refractivity contribution in [1.29, 1.82) is 0 Å². The Labute approximate surface area is 266 Å². The number of anilines is 1. The molecule has 4 rings (SSSR count). The smallest absolute Gasteiger partial charge is 0.439 e. The van der Waals surface area contributed by atoms with Gasteiger partial charge < -0.3 is 33.5 Å². The molecule has 3 heterocycles. The van der Waals surface area contributed by atoms with E-state index in [1.54, 1.807) is 58.9 Å². The highest BCUT2D eigenvalue weighted by Crippen LogP contribution is 2.34. The zero-order chi connectivity index (χ0) is 33.3. The number of hydroxylamine groups is 1. The van der Waals surface area contributed by atoms with Gasteiger partial charge in [-0.15, -0.1) is 0 Å². The van der Waals surface area contributed by atoms with E-state index in [0.29, 0.717) is 35.4 Å². The van der Waals surface area contributed by atoms with Crippen LogP contribution in [0.1, 0.15) is 90.2 Å². The Morgan fingerprint density at radius 1 is 1.07 bits per heavy atom. The maximum atomic E-state index is 13.6. The van der Waals surface area contributed by atoms with Gasteiger partial charge in [-0.25, -0.2) is 9.59 Å². The molecule has 0 aliphatic carbocycles. The second-order valence-electron chi connectivity index (χ2n) is 13.9. The average Bonchev–Trinajstić information content (AvgIpc) is 3.42. The SMILES string of the molecule is Cc1cc(N(OC[C@H]2COC(C)(C)O2)C(=O)OC(C)(C)C)cc2c1C(=O)O[C@@H](C)[C@H](C)/C=C\[C@@H](O)[C@H]1OC(C)(C)O[C@H]1CC=C2. The number of benzene rings is 1. The van der Waals surface area contributed by atoms with Crippen LogP contribution in [0.5, 0.6) is 0 Å². The summed E-state index contributed by atoms with van der Waals surface area (Å²) in [6.45, 7) is 18.4. The number of ether oxygens (including phenoxy) is 6. The minimum absolute atomic E-state index is 0.0259. The number of esters is 1. The van der Waals surface area contributed by atoms with Crippen LogP contribution in [0, 0.1) is 12.8 Å². The molecule has 1 aromatic carbocycles. The maximum absolute atomic E-state index is 13.6. The minimum atomic E-state index is -0.918. The van der Waals surface area contributed by atoms with E-state index in [9.17, 15) is 14.7 Å². The Hall–Kier alpha value is -2.80. The topological polar surface area (TPSA) is 122 Å². The first-order valence-corrected chi connectivity index (χ1v) is 15.6. The second-order valence-corrected chi connectivity index (χ2v) is 13.9. The summed E-state index contributed by atoms with van der Waals surface area (Å²) in [6, 6.07) is 3.37. The number of hydrogen-bond acceptors (Lipinski definition) is 10. The van der Waals surface area contributed by atoms with Crippen LogP contribution in [-0.4, -0.2) is 78.1 Å². The molecule has 11 heteroatoms. The fourth-order valence-corrected chi connectivity index (χ4v) is 5.42. The Morgan fingerprint density at radius 2 is 1.78 bits per heavy atom. The molecule has 250 valence electrons. The molecule has 1 amide bonds. The molecule has 11 nitrogen and oxygen atoms in total. The molecular formula is C34H49NO10. The van der Waals surface area contributed by atoms with E-state index in [1.165, 1.54) is 0 Å². The summed E-state index contributed by atoms with van der Waals surface area (Å²) < 4.78 is 35.3. The van der Waals surface area contributed by atoms with Gasteiger partial charge in [0.1, 0.15) is 36.6 Å². The number of hydrogen-bond donors (Lipinski definition) is 1. The van der Waals surface area contributed by atoms with Gasteiger partial charge in [-0.3, -0.25) is 4.84 Å². The quantitative estimate of drug-likeness (QED) is 0.246. The van der Waals surface area contributed by atoms with Crippen LogP contribution < -0.4 is 5.06 Å². The number of rotatable bonds is 4. The highest BCUT2D eigenvalue weighted by molar-refractivity contribution is 5.97. The van der Waals surface area contributed by atoms with Crippen molar-refractivity contribution in [2.24, 2.45) is 5.92 Å². The molecule has 6 atom stereocenters. The summed E-state index contributed by atoms with van der Waals surface area (Å²) >= 11 is 0. The molecule has 0 radical (unpaired) electrons. The molecule has 45 heavy (non-hydrogen) atoms. The average molecular weight is 632 g/mol. The summed E-state index contributed by atoms with van der Waals surface area (Å²) in [5.74, 6) is -2.33. The predicted molar refractivity (Wildman–Crippen MR) is 167 cm³/mol. The molecule has 0 bridgehead atoms. The molecular weight excluding hydrogens is 582 g/mol. The largest absolute Gasteiger partial charge is 0.458 e. The Kier molecular flexibility index (Phi) is 10.5. The first-order valence-electron chi connectivity index (χ1n) is 15.6. The molecule has 0 saturated carbocycles. The number of nitrogens with zero attached hydrogens (tertiary/aromatic N) is 1. The van der Waals surface area contributed by atoms with Crippen molar-refractivity contribution < 1.29 is 48.0 Å². The van der Waals surface area contributed by atoms with Crippen molar-refractivity contribution in [2.75, 3.05) is 18.3 Å². The third-order valence-electron chi connectivity index (χ3n) is 7.67. The van der Waals surface area contributed by atoms with E-state index in [1.807, 2.05) is 46.8 Å². The van der Waals surface area contributed by atoms with Gasteiger partial charge in [-0.1, -0.05) is 31.2 Å². The monoisotopic (exact) mass is 631 g/mol. The maximum Gasteiger partial charge on any atom is 0.439 e. The minimum Gasteiger partial charge on any atom is -0.458 e. The first-order chi connectivity index (χ1) is 20.8. The van der Waals surface area contributed by atoms with Crippen LogP contribution in [-0.2, 0) is 33.3 Å². The molecule has 1 aromatic rings. The van der Waals surface area contributed by atoms with Gasteiger partial charge in [-0.05, 0) is 92.0 Å². The fourth-order valence-electron chi connectivity index (χ4n) is 5.42. The number of aliphatic hydroxyl groups is 1. The fraction of sp³-hybridized carbons (Fsp3) is 0.647. The van der Waals surface area contributed by atoms with E-state index < -0.39 is 59.8 Å². The van der Waals surface area contributed by atoms with Crippen LogP contribution in [0.15, 0.2) is 30.4 Å².